The average molecular weight is 271 g/mol. The van der Waals surface area contributed by atoms with Crippen LogP contribution in [-0.4, -0.2) is 6.04 Å². The number of rotatable bonds is 5. The molecule has 0 aromatic heterocycles. The molecule has 0 spiro atoms. The number of nitrogens with one attached hydrogen (secondary N) is 1. The third-order valence-electron chi connectivity index (χ3n) is 3.42. The predicted octanol–water partition coefficient (Wildman–Crippen LogP) is 4.18. The van der Waals surface area contributed by atoms with Crippen LogP contribution in [0.3, 0.4) is 0 Å². The molecule has 3 heteroatoms. The lowest BCUT2D eigenvalue weighted by Gasteiger charge is -2.12. The van der Waals surface area contributed by atoms with Gasteiger partial charge < -0.3 is 10.1 Å². The van der Waals surface area contributed by atoms with E-state index in [4.69, 9.17) is 4.74 Å². The van der Waals surface area contributed by atoms with Crippen LogP contribution in [0, 0.1) is 12.7 Å². The predicted molar refractivity (Wildman–Crippen MR) is 77.5 cm³/mol. The van der Waals surface area contributed by atoms with Crippen LogP contribution in [0.1, 0.15) is 24.0 Å². The molecule has 2 nitrogen and oxygen atoms in total. The maximum Gasteiger partial charge on any atom is 0.131 e. The molecule has 0 atom stereocenters. The highest BCUT2D eigenvalue weighted by Gasteiger charge is 2.20. The molecule has 1 fully saturated rings. The van der Waals surface area contributed by atoms with Crippen molar-refractivity contribution in [3.05, 3.63) is 59.4 Å². The molecule has 1 N–H and O–H groups in total. The van der Waals surface area contributed by atoms with Crippen molar-refractivity contribution >= 4 is 0 Å². The number of halogens is 1. The van der Waals surface area contributed by atoms with Crippen molar-refractivity contribution in [3.63, 3.8) is 0 Å². The first kappa shape index (κ1) is 13.1. The van der Waals surface area contributed by atoms with E-state index < -0.39 is 0 Å². The Kier molecular flexibility index (Phi) is 3.70. The zero-order valence-electron chi connectivity index (χ0n) is 11.5. The molecule has 0 saturated heterocycles. The Labute approximate surface area is 118 Å². The number of aryl methyl sites for hydroxylation is 1. The van der Waals surface area contributed by atoms with Gasteiger partial charge in [-0.1, -0.05) is 17.7 Å². The Morgan fingerprint density at radius 1 is 1.15 bits per heavy atom. The van der Waals surface area contributed by atoms with Crippen LogP contribution in [0.15, 0.2) is 42.5 Å². The minimum atomic E-state index is -0.253. The second-order valence-corrected chi connectivity index (χ2v) is 5.32. The Hall–Kier alpha value is -1.87. The van der Waals surface area contributed by atoms with Crippen LogP contribution in [0.2, 0.25) is 0 Å². The topological polar surface area (TPSA) is 21.3 Å². The highest BCUT2D eigenvalue weighted by Crippen LogP contribution is 2.27. The summed E-state index contributed by atoms with van der Waals surface area (Å²) in [5, 5.41) is 3.50. The van der Waals surface area contributed by atoms with Crippen molar-refractivity contribution < 1.29 is 9.13 Å². The summed E-state index contributed by atoms with van der Waals surface area (Å²) in [6.45, 7) is 2.88. The van der Waals surface area contributed by atoms with Crippen molar-refractivity contribution in [2.75, 3.05) is 0 Å². The highest BCUT2D eigenvalue weighted by molar-refractivity contribution is 5.40. The monoisotopic (exact) mass is 271 g/mol. The quantitative estimate of drug-likeness (QED) is 0.881. The van der Waals surface area contributed by atoms with Gasteiger partial charge in [0.2, 0.25) is 0 Å². The standard InChI is InChI=1S/C17H18FNO/c1-12-2-9-17(13(10-12)11-19-15-5-6-15)20-16-7-3-14(18)4-8-16/h2-4,7-10,15,19H,5-6,11H2,1H3. The maximum absolute atomic E-state index is 12.9. The Morgan fingerprint density at radius 2 is 1.90 bits per heavy atom. The normalized spacial score (nSPS) is 14.3. The van der Waals surface area contributed by atoms with Crippen LogP contribution in [-0.2, 0) is 6.54 Å². The van der Waals surface area contributed by atoms with Gasteiger partial charge in [0, 0.05) is 18.2 Å². The van der Waals surface area contributed by atoms with Crippen LogP contribution >= 0.6 is 0 Å². The Bertz CT molecular complexity index is 590. The summed E-state index contributed by atoms with van der Waals surface area (Å²) in [6.07, 6.45) is 2.53. The van der Waals surface area contributed by atoms with Gasteiger partial charge >= 0.3 is 0 Å². The molecule has 1 aliphatic carbocycles. The van der Waals surface area contributed by atoms with Crippen molar-refractivity contribution in [2.24, 2.45) is 0 Å². The van der Waals surface area contributed by atoms with Gasteiger partial charge in [-0.25, -0.2) is 4.39 Å². The van der Waals surface area contributed by atoms with Crippen molar-refractivity contribution in [3.8, 4) is 11.5 Å². The lowest BCUT2D eigenvalue weighted by molar-refractivity contribution is 0.470. The van der Waals surface area contributed by atoms with E-state index in [0.717, 1.165) is 17.9 Å². The van der Waals surface area contributed by atoms with Crippen LogP contribution in [0.25, 0.3) is 0 Å². The SMILES string of the molecule is Cc1ccc(Oc2ccc(F)cc2)c(CNC2CC2)c1. The van der Waals surface area contributed by atoms with Crippen molar-refractivity contribution in [2.45, 2.75) is 32.4 Å². The fraction of sp³-hybridized carbons (Fsp3) is 0.294. The van der Waals surface area contributed by atoms with Gasteiger partial charge in [-0.2, -0.15) is 0 Å². The first-order chi connectivity index (χ1) is 9.70. The number of benzene rings is 2. The van der Waals surface area contributed by atoms with Crippen LogP contribution < -0.4 is 10.1 Å². The van der Waals surface area contributed by atoms with Crippen LogP contribution in [0.5, 0.6) is 11.5 Å². The Morgan fingerprint density at radius 3 is 2.60 bits per heavy atom. The van der Waals surface area contributed by atoms with Gasteiger partial charge in [-0.05, 0) is 50.1 Å². The minimum absolute atomic E-state index is 0.253. The third-order valence-corrected chi connectivity index (χ3v) is 3.42. The van der Waals surface area contributed by atoms with E-state index in [1.807, 2.05) is 12.1 Å². The van der Waals surface area contributed by atoms with E-state index in [2.05, 4.69) is 18.3 Å². The zero-order chi connectivity index (χ0) is 13.9. The smallest absolute Gasteiger partial charge is 0.131 e. The summed E-state index contributed by atoms with van der Waals surface area (Å²) < 4.78 is 18.8. The van der Waals surface area contributed by atoms with E-state index >= 15 is 0 Å². The van der Waals surface area contributed by atoms with E-state index in [1.54, 1.807) is 12.1 Å². The fourth-order valence-electron chi connectivity index (χ4n) is 2.12. The molecular weight excluding hydrogens is 253 g/mol. The molecule has 1 saturated carbocycles. The molecule has 104 valence electrons. The van der Waals surface area contributed by atoms with E-state index in [-0.39, 0.29) is 5.82 Å². The molecule has 0 bridgehead atoms. The van der Waals surface area contributed by atoms with Gasteiger partial charge in [-0.3, -0.25) is 0 Å². The number of hydrogen-bond donors (Lipinski definition) is 1. The average Bonchev–Trinajstić information content (AvgIpc) is 3.25. The second kappa shape index (κ2) is 5.63. The van der Waals surface area contributed by atoms with Gasteiger partial charge in [-0.15, -0.1) is 0 Å². The summed E-state index contributed by atoms with van der Waals surface area (Å²) in [4.78, 5) is 0. The zero-order valence-corrected chi connectivity index (χ0v) is 11.5. The fourth-order valence-corrected chi connectivity index (χ4v) is 2.12. The Balaban J connectivity index is 1.77. The van der Waals surface area contributed by atoms with Crippen LogP contribution in [0.4, 0.5) is 4.39 Å². The van der Waals surface area contributed by atoms with E-state index in [1.165, 1.54) is 30.5 Å². The van der Waals surface area contributed by atoms with Gasteiger partial charge in [0.05, 0.1) is 0 Å². The van der Waals surface area contributed by atoms with Crippen molar-refractivity contribution in [1.29, 1.82) is 0 Å². The first-order valence-corrected chi connectivity index (χ1v) is 6.97. The lowest BCUT2D eigenvalue weighted by Crippen LogP contribution is -2.15. The molecule has 0 heterocycles. The number of ether oxygens (including phenoxy) is 1. The van der Waals surface area contributed by atoms with E-state index in [9.17, 15) is 4.39 Å². The summed E-state index contributed by atoms with van der Waals surface area (Å²) in [5.41, 5.74) is 2.35. The summed E-state index contributed by atoms with van der Waals surface area (Å²) in [5.74, 6) is 1.23. The molecule has 0 amide bonds. The largest absolute Gasteiger partial charge is 0.457 e. The summed E-state index contributed by atoms with van der Waals surface area (Å²) in [7, 11) is 0. The van der Waals surface area contributed by atoms with Gasteiger partial charge in [0.15, 0.2) is 0 Å². The highest BCUT2D eigenvalue weighted by atomic mass is 19.1. The second-order valence-electron chi connectivity index (χ2n) is 5.32. The lowest BCUT2D eigenvalue weighted by atomic mass is 10.1. The molecular formula is C17H18FNO. The third kappa shape index (κ3) is 3.36. The molecule has 2 aromatic carbocycles. The summed E-state index contributed by atoms with van der Waals surface area (Å²) >= 11 is 0. The molecule has 3 rings (SSSR count). The van der Waals surface area contributed by atoms with Crippen molar-refractivity contribution in [1.82, 2.24) is 5.32 Å². The first-order valence-electron chi connectivity index (χ1n) is 6.97. The summed E-state index contributed by atoms with van der Waals surface area (Å²) in [6, 6.07) is 12.9. The molecule has 20 heavy (non-hydrogen) atoms. The molecule has 0 unspecified atom stereocenters. The molecule has 1 aliphatic rings. The van der Waals surface area contributed by atoms with E-state index in [0.29, 0.717) is 11.8 Å². The number of hydrogen-bond acceptors (Lipinski definition) is 2. The molecule has 0 radical (unpaired) electrons. The maximum atomic E-state index is 12.9. The van der Waals surface area contributed by atoms with Gasteiger partial charge in [0.25, 0.3) is 0 Å². The molecule has 2 aromatic rings. The van der Waals surface area contributed by atoms with Gasteiger partial charge in [0.1, 0.15) is 17.3 Å². The molecule has 0 aliphatic heterocycles. The minimum Gasteiger partial charge on any atom is -0.457 e.